The van der Waals surface area contributed by atoms with Gasteiger partial charge in [-0.15, -0.1) is 0 Å². The number of benzene rings is 2. The third kappa shape index (κ3) is 4.03. The summed E-state index contributed by atoms with van der Waals surface area (Å²) < 4.78 is 25.6. The number of carbonyl (C=O) groups is 3. The Kier molecular flexibility index (Phi) is 6.30. The number of anilines is 2. The van der Waals surface area contributed by atoms with Crippen molar-refractivity contribution in [2.24, 2.45) is 5.73 Å². The van der Waals surface area contributed by atoms with Gasteiger partial charge in [0.05, 0.1) is 42.3 Å². The Labute approximate surface area is 190 Å². The molecule has 2 aromatic carbocycles. The fourth-order valence-electron chi connectivity index (χ4n) is 4.35. The van der Waals surface area contributed by atoms with Crippen LogP contribution in [0.15, 0.2) is 30.3 Å². The number of amides is 3. The molecule has 1 atom stereocenters. The number of nitrogens with one attached hydrogen (secondary N) is 1. The molecule has 3 aliphatic rings. The first-order chi connectivity index (χ1) is 15.9. The molecule has 0 aromatic heterocycles. The molecule has 0 aliphatic carbocycles. The van der Waals surface area contributed by atoms with E-state index in [0.29, 0.717) is 59.9 Å². The van der Waals surface area contributed by atoms with Crippen molar-refractivity contribution in [3.8, 4) is 0 Å². The molecule has 1 unspecified atom stereocenters. The highest BCUT2D eigenvalue weighted by Crippen LogP contribution is 2.35. The molecule has 3 N–H and O–H groups in total. The Morgan fingerprint density at radius 2 is 1.79 bits per heavy atom. The molecule has 0 spiro atoms. The fraction of sp³-hybridized carbons (Fsp3) is 0.348. The average molecular weight is 456 g/mol. The molecule has 0 radical (unpaired) electrons. The molecule has 174 valence electrons. The third-order valence-electron chi connectivity index (χ3n) is 5.96. The first kappa shape index (κ1) is 22.7. The number of hydrogen-bond acceptors (Lipinski definition) is 7. The molecule has 33 heavy (non-hydrogen) atoms. The topological polar surface area (TPSA) is 114 Å². The summed E-state index contributed by atoms with van der Waals surface area (Å²) in [6, 6.07) is 7.93. The zero-order chi connectivity index (χ0) is 23.7. The lowest BCUT2D eigenvalue weighted by Crippen LogP contribution is -2.36. The second-order valence-corrected chi connectivity index (χ2v) is 7.70. The summed E-state index contributed by atoms with van der Waals surface area (Å²) >= 11 is 0. The van der Waals surface area contributed by atoms with Gasteiger partial charge in [-0.1, -0.05) is 6.07 Å². The van der Waals surface area contributed by atoms with Gasteiger partial charge in [-0.25, -0.2) is 9.18 Å². The van der Waals surface area contributed by atoms with Crippen LogP contribution < -0.4 is 20.9 Å². The van der Waals surface area contributed by atoms with E-state index in [0.717, 1.165) is 0 Å². The average Bonchev–Trinajstić information content (AvgIpc) is 3.35. The monoisotopic (exact) mass is 456 g/mol. The minimum absolute atomic E-state index is 0.171. The number of fused-ring (bicyclic) bond motifs is 1. The number of hydrogen-bond donors (Lipinski definition) is 2. The summed E-state index contributed by atoms with van der Waals surface area (Å²) in [6.45, 7) is 4.20. The molecule has 10 heteroatoms. The second-order valence-electron chi connectivity index (χ2n) is 7.70. The van der Waals surface area contributed by atoms with Gasteiger partial charge in [-0.2, -0.15) is 0 Å². The summed E-state index contributed by atoms with van der Waals surface area (Å²) in [4.78, 5) is 39.8. The molecule has 5 rings (SSSR count). The molecule has 3 heterocycles. The van der Waals surface area contributed by atoms with Crippen LogP contribution in [0.1, 0.15) is 37.9 Å². The van der Waals surface area contributed by atoms with E-state index >= 15 is 0 Å². The summed E-state index contributed by atoms with van der Waals surface area (Å²) in [5.74, 6) is -1.31. The standard InChI is InChI=1S/C22H20FN3O5.CH5N/c1-12-14(3-4-15-19(12)21(28)24-20(15)27)18-11-26(22(29)31-18)13-2-5-17(16(23)10-13)25-6-8-30-9-7-25;1-2/h2-5,10,18H,6-9,11H2,1H3,(H,24,27,28);2H2,1H3. The van der Waals surface area contributed by atoms with Crippen LogP contribution in [-0.2, 0) is 9.47 Å². The van der Waals surface area contributed by atoms with E-state index in [1.165, 1.54) is 18.0 Å². The van der Waals surface area contributed by atoms with E-state index in [-0.39, 0.29) is 6.54 Å². The van der Waals surface area contributed by atoms with E-state index in [1.54, 1.807) is 31.2 Å². The summed E-state index contributed by atoms with van der Waals surface area (Å²) in [5.41, 5.74) is 7.22. The molecule has 3 aliphatic heterocycles. The van der Waals surface area contributed by atoms with Gasteiger partial charge in [0.1, 0.15) is 11.9 Å². The molecule has 2 saturated heterocycles. The fourth-order valence-corrected chi connectivity index (χ4v) is 4.35. The highest BCUT2D eigenvalue weighted by Gasteiger charge is 2.37. The van der Waals surface area contributed by atoms with Gasteiger partial charge >= 0.3 is 6.09 Å². The number of cyclic esters (lactones) is 1. The quantitative estimate of drug-likeness (QED) is 0.680. The van der Waals surface area contributed by atoms with Gasteiger partial charge in [-0.05, 0) is 49.4 Å². The van der Waals surface area contributed by atoms with Crippen molar-refractivity contribution in [3.05, 3.63) is 58.4 Å². The van der Waals surface area contributed by atoms with E-state index in [9.17, 15) is 18.8 Å². The lowest BCUT2D eigenvalue weighted by Gasteiger charge is -2.29. The van der Waals surface area contributed by atoms with Crippen LogP contribution in [0, 0.1) is 12.7 Å². The molecule has 0 bridgehead atoms. The second kappa shape index (κ2) is 9.16. The van der Waals surface area contributed by atoms with Crippen molar-refractivity contribution in [1.82, 2.24) is 5.32 Å². The van der Waals surface area contributed by atoms with Crippen LogP contribution in [-0.4, -0.2) is 57.8 Å². The first-order valence-electron chi connectivity index (χ1n) is 10.6. The van der Waals surface area contributed by atoms with Gasteiger partial charge in [0.25, 0.3) is 11.8 Å². The Morgan fingerprint density at radius 1 is 1.06 bits per heavy atom. The highest BCUT2D eigenvalue weighted by molar-refractivity contribution is 6.22. The van der Waals surface area contributed by atoms with E-state index in [1.807, 2.05) is 4.90 Å². The Morgan fingerprint density at radius 3 is 2.48 bits per heavy atom. The highest BCUT2D eigenvalue weighted by atomic mass is 19.1. The van der Waals surface area contributed by atoms with Crippen molar-refractivity contribution < 1.29 is 28.2 Å². The van der Waals surface area contributed by atoms with Gasteiger partial charge in [0.15, 0.2) is 0 Å². The van der Waals surface area contributed by atoms with Crippen molar-refractivity contribution in [2.45, 2.75) is 13.0 Å². The zero-order valence-corrected chi connectivity index (χ0v) is 18.4. The van der Waals surface area contributed by atoms with Gasteiger partial charge in [0, 0.05) is 13.1 Å². The number of nitrogens with zero attached hydrogens (tertiary/aromatic N) is 2. The van der Waals surface area contributed by atoms with Crippen molar-refractivity contribution in [2.75, 3.05) is 49.7 Å². The number of rotatable bonds is 3. The van der Waals surface area contributed by atoms with Gasteiger partial charge in [0.2, 0.25) is 0 Å². The van der Waals surface area contributed by atoms with E-state index < -0.39 is 29.8 Å². The number of morpholine rings is 1. The summed E-state index contributed by atoms with van der Waals surface area (Å²) in [6.07, 6.45) is -1.23. The molecular formula is C23H25FN4O5. The van der Waals surface area contributed by atoms with Crippen LogP contribution in [0.3, 0.4) is 0 Å². The number of imide groups is 1. The van der Waals surface area contributed by atoms with Crippen molar-refractivity contribution >= 4 is 29.3 Å². The summed E-state index contributed by atoms with van der Waals surface area (Å²) in [5, 5.41) is 2.27. The van der Waals surface area contributed by atoms with E-state index in [2.05, 4.69) is 11.1 Å². The van der Waals surface area contributed by atoms with Crippen LogP contribution in [0.2, 0.25) is 0 Å². The van der Waals surface area contributed by atoms with Crippen LogP contribution >= 0.6 is 0 Å². The van der Waals surface area contributed by atoms with Crippen LogP contribution in [0.4, 0.5) is 20.6 Å². The molecule has 2 aromatic rings. The van der Waals surface area contributed by atoms with Crippen LogP contribution in [0.5, 0.6) is 0 Å². The van der Waals surface area contributed by atoms with Crippen LogP contribution in [0.25, 0.3) is 0 Å². The third-order valence-corrected chi connectivity index (χ3v) is 5.96. The smallest absolute Gasteiger partial charge is 0.415 e. The largest absolute Gasteiger partial charge is 0.439 e. The zero-order valence-electron chi connectivity index (χ0n) is 18.4. The van der Waals surface area contributed by atoms with Gasteiger partial charge < -0.3 is 20.1 Å². The maximum atomic E-state index is 14.8. The number of nitrogens with two attached hydrogens (primary N) is 1. The maximum Gasteiger partial charge on any atom is 0.415 e. The number of carbonyl (C=O) groups excluding carboxylic acids is 3. The SMILES string of the molecule is CN.Cc1c(C2CN(c3ccc(N4CCOCC4)c(F)c3)C(=O)O2)ccc2c1C(=O)NC2=O. The molecular weight excluding hydrogens is 431 g/mol. The maximum absolute atomic E-state index is 14.8. The Bertz CT molecular complexity index is 1120. The molecule has 3 amide bonds. The normalized spacial score (nSPS) is 19.6. The lowest BCUT2D eigenvalue weighted by atomic mass is 9.95. The Hall–Kier alpha value is -3.50. The first-order valence-corrected chi connectivity index (χ1v) is 10.6. The lowest BCUT2D eigenvalue weighted by molar-refractivity contribution is 0.0879. The number of ether oxygens (including phenoxy) is 2. The van der Waals surface area contributed by atoms with E-state index in [4.69, 9.17) is 9.47 Å². The minimum atomic E-state index is -0.636. The molecule has 2 fully saturated rings. The Balaban J connectivity index is 0.00000126. The summed E-state index contributed by atoms with van der Waals surface area (Å²) in [7, 11) is 1.50. The molecule has 9 nitrogen and oxygen atoms in total. The van der Waals surface area contributed by atoms with Crippen molar-refractivity contribution in [1.29, 1.82) is 0 Å². The van der Waals surface area contributed by atoms with Gasteiger partial charge in [-0.3, -0.25) is 19.8 Å². The molecule has 0 saturated carbocycles. The van der Waals surface area contributed by atoms with Crippen molar-refractivity contribution in [3.63, 3.8) is 0 Å². The predicted octanol–water partition coefficient (Wildman–Crippen LogP) is 2.13. The number of halogens is 1. The minimum Gasteiger partial charge on any atom is -0.439 e. The predicted molar refractivity (Wildman–Crippen MR) is 119 cm³/mol.